The van der Waals surface area contributed by atoms with Gasteiger partial charge in [0.15, 0.2) is 0 Å². The van der Waals surface area contributed by atoms with Crippen LogP contribution in [0.1, 0.15) is 25.0 Å². The Balaban J connectivity index is 2.45. The van der Waals surface area contributed by atoms with Gasteiger partial charge in [-0.25, -0.2) is 0 Å². The summed E-state index contributed by atoms with van der Waals surface area (Å²) >= 11 is 1.65. The molecule has 0 spiro atoms. The normalized spacial score (nSPS) is 12.1. The molecule has 0 saturated carbocycles. The van der Waals surface area contributed by atoms with E-state index in [9.17, 15) is 9.59 Å². The quantitative estimate of drug-likeness (QED) is 0.663. The van der Waals surface area contributed by atoms with Crippen LogP contribution in [0.25, 0.3) is 0 Å². The first kappa shape index (κ1) is 18.5. The average molecular weight is 323 g/mol. The van der Waals surface area contributed by atoms with Crippen molar-refractivity contribution in [3.05, 3.63) is 29.3 Å². The monoisotopic (exact) mass is 323 g/mol. The van der Waals surface area contributed by atoms with Gasteiger partial charge >= 0.3 is 0 Å². The molecule has 0 bridgehead atoms. The zero-order chi connectivity index (χ0) is 16.7. The van der Waals surface area contributed by atoms with Crippen LogP contribution in [0.4, 0.5) is 0 Å². The Labute approximate surface area is 136 Å². The molecule has 22 heavy (non-hydrogen) atoms. The molecule has 122 valence electrons. The van der Waals surface area contributed by atoms with Gasteiger partial charge in [0.05, 0.1) is 12.6 Å². The second-order valence-electron chi connectivity index (χ2n) is 5.58. The van der Waals surface area contributed by atoms with E-state index in [4.69, 9.17) is 5.73 Å². The van der Waals surface area contributed by atoms with Crippen LogP contribution in [-0.4, -0.2) is 30.7 Å². The van der Waals surface area contributed by atoms with E-state index in [2.05, 4.69) is 16.7 Å². The van der Waals surface area contributed by atoms with Crippen molar-refractivity contribution in [2.75, 3.05) is 12.8 Å². The maximum atomic E-state index is 11.8. The Morgan fingerprint density at radius 1 is 1.27 bits per heavy atom. The van der Waals surface area contributed by atoms with Crippen LogP contribution in [0.3, 0.4) is 0 Å². The van der Waals surface area contributed by atoms with Crippen LogP contribution in [-0.2, 0) is 16.1 Å². The highest BCUT2D eigenvalue weighted by Crippen LogP contribution is 2.21. The molecule has 0 radical (unpaired) electrons. The highest BCUT2D eigenvalue weighted by molar-refractivity contribution is 7.98. The van der Waals surface area contributed by atoms with Gasteiger partial charge in [0.2, 0.25) is 11.8 Å². The molecule has 1 rings (SSSR count). The third-order valence-corrected chi connectivity index (χ3v) is 4.18. The molecular weight excluding hydrogens is 298 g/mol. The number of thioether (sulfide) groups is 1. The van der Waals surface area contributed by atoms with Crippen molar-refractivity contribution in [2.24, 2.45) is 11.7 Å². The van der Waals surface area contributed by atoms with E-state index >= 15 is 0 Å². The lowest BCUT2D eigenvalue weighted by atomic mass is 10.1. The van der Waals surface area contributed by atoms with Crippen molar-refractivity contribution >= 4 is 23.6 Å². The molecule has 0 aromatic heterocycles. The number of nitrogens with two attached hydrogens (primary N) is 1. The van der Waals surface area contributed by atoms with Gasteiger partial charge in [0.1, 0.15) is 0 Å². The van der Waals surface area contributed by atoms with Gasteiger partial charge in [-0.15, -0.1) is 11.8 Å². The summed E-state index contributed by atoms with van der Waals surface area (Å²) in [6, 6.07) is 5.53. The predicted octanol–water partition coefficient (Wildman–Crippen LogP) is 1.43. The summed E-state index contributed by atoms with van der Waals surface area (Å²) in [6.45, 7) is 6.16. The summed E-state index contributed by atoms with van der Waals surface area (Å²) in [6.07, 6.45) is 2.01. The number of benzene rings is 1. The van der Waals surface area contributed by atoms with Crippen molar-refractivity contribution in [1.29, 1.82) is 0 Å². The fourth-order valence-electron chi connectivity index (χ4n) is 1.84. The molecular formula is C16H25N3O2S. The number of carbonyl (C=O) groups excluding carboxylic acids is 2. The first-order valence-electron chi connectivity index (χ1n) is 7.28. The summed E-state index contributed by atoms with van der Waals surface area (Å²) < 4.78 is 0. The fourth-order valence-corrected chi connectivity index (χ4v) is 2.55. The molecule has 0 aliphatic carbocycles. The molecule has 0 heterocycles. The molecule has 0 aliphatic heterocycles. The van der Waals surface area contributed by atoms with Crippen LogP contribution in [0.2, 0.25) is 0 Å². The minimum atomic E-state index is -0.590. The molecule has 4 N–H and O–H groups in total. The zero-order valence-corrected chi connectivity index (χ0v) is 14.4. The maximum absolute atomic E-state index is 11.8. The first-order chi connectivity index (χ1) is 10.3. The Morgan fingerprint density at radius 3 is 2.55 bits per heavy atom. The highest BCUT2D eigenvalue weighted by Gasteiger charge is 2.17. The molecule has 1 aromatic rings. The molecule has 5 nitrogen and oxygen atoms in total. The predicted molar refractivity (Wildman–Crippen MR) is 90.6 cm³/mol. The van der Waals surface area contributed by atoms with Gasteiger partial charge in [0.25, 0.3) is 0 Å². The van der Waals surface area contributed by atoms with Gasteiger partial charge < -0.3 is 16.4 Å². The summed E-state index contributed by atoms with van der Waals surface area (Å²) in [5, 5.41) is 5.37. The SMILES string of the molecule is CSc1cc(C)ccc1CNC(=O)CNC(=O)[C@@H](N)C(C)C. The number of amides is 2. The summed E-state index contributed by atoms with van der Waals surface area (Å²) in [5.74, 6) is -0.484. The highest BCUT2D eigenvalue weighted by atomic mass is 32.2. The van der Waals surface area contributed by atoms with E-state index in [1.54, 1.807) is 11.8 Å². The standard InChI is InChI=1S/C16H25N3O2S/c1-10(2)15(17)16(21)19-9-14(20)18-8-12-6-5-11(3)7-13(12)22-4/h5-7,10,15H,8-9,17H2,1-4H3,(H,18,20)(H,19,21)/t15-/m0/s1. The number of nitrogens with one attached hydrogen (secondary N) is 2. The van der Waals surface area contributed by atoms with Gasteiger partial charge in [0, 0.05) is 11.4 Å². The van der Waals surface area contributed by atoms with Crippen molar-refractivity contribution in [3.8, 4) is 0 Å². The summed E-state index contributed by atoms with van der Waals surface area (Å²) in [4.78, 5) is 24.6. The Kier molecular flexibility index (Phi) is 7.41. The summed E-state index contributed by atoms with van der Waals surface area (Å²) in [5.41, 5.74) is 7.97. The Morgan fingerprint density at radius 2 is 1.95 bits per heavy atom. The van der Waals surface area contributed by atoms with Crippen LogP contribution in [0.15, 0.2) is 23.1 Å². The Hall–Kier alpha value is -1.53. The minimum Gasteiger partial charge on any atom is -0.350 e. The minimum absolute atomic E-state index is 0.0414. The maximum Gasteiger partial charge on any atom is 0.239 e. The zero-order valence-electron chi connectivity index (χ0n) is 13.6. The van der Waals surface area contributed by atoms with Gasteiger partial charge in [-0.3, -0.25) is 9.59 Å². The van der Waals surface area contributed by atoms with Gasteiger partial charge in [-0.05, 0) is 36.3 Å². The van der Waals surface area contributed by atoms with Crippen molar-refractivity contribution in [3.63, 3.8) is 0 Å². The average Bonchev–Trinajstić information content (AvgIpc) is 2.50. The fraction of sp³-hybridized carbons (Fsp3) is 0.500. The Bertz CT molecular complexity index is 532. The number of hydrogen-bond acceptors (Lipinski definition) is 4. The molecule has 0 aliphatic rings. The van der Waals surface area contributed by atoms with Gasteiger partial charge in [-0.2, -0.15) is 0 Å². The molecule has 2 amide bonds. The van der Waals surface area contributed by atoms with Crippen LogP contribution in [0, 0.1) is 12.8 Å². The van der Waals surface area contributed by atoms with E-state index in [0.717, 1.165) is 10.5 Å². The van der Waals surface area contributed by atoms with Crippen LogP contribution in [0.5, 0.6) is 0 Å². The number of rotatable bonds is 7. The van der Waals surface area contributed by atoms with E-state index in [0.29, 0.717) is 6.54 Å². The number of carbonyl (C=O) groups is 2. The largest absolute Gasteiger partial charge is 0.350 e. The first-order valence-corrected chi connectivity index (χ1v) is 8.51. The molecule has 0 fully saturated rings. The van der Waals surface area contributed by atoms with E-state index in [1.807, 2.05) is 39.2 Å². The lowest BCUT2D eigenvalue weighted by Gasteiger charge is -2.15. The van der Waals surface area contributed by atoms with Crippen molar-refractivity contribution in [2.45, 2.75) is 38.3 Å². The molecule has 1 aromatic carbocycles. The molecule has 0 unspecified atom stereocenters. The van der Waals surface area contributed by atoms with Crippen molar-refractivity contribution < 1.29 is 9.59 Å². The smallest absolute Gasteiger partial charge is 0.239 e. The lowest BCUT2D eigenvalue weighted by Crippen LogP contribution is -2.47. The second kappa shape index (κ2) is 8.80. The number of aryl methyl sites for hydroxylation is 1. The lowest BCUT2D eigenvalue weighted by molar-refractivity contribution is -0.127. The van der Waals surface area contributed by atoms with E-state index < -0.39 is 6.04 Å². The third-order valence-electron chi connectivity index (χ3n) is 3.36. The topological polar surface area (TPSA) is 84.2 Å². The molecule has 6 heteroatoms. The van der Waals surface area contributed by atoms with Crippen LogP contribution < -0.4 is 16.4 Å². The third kappa shape index (κ3) is 5.69. The second-order valence-corrected chi connectivity index (χ2v) is 6.43. The number of hydrogen-bond donors (Lipinski definition) is 3. The van der Waals surface area contributed by atoms with E-state index in [1.165, 1.54) is 5.56 Å². The summed E-state index contributed by atoms with van der Waals surface area (Å²) in [7, 11) is 0. The molecule has 1 atom stereocenters. The van der Waals surface area contributed by atoms with Crippen LogP contribution >= 0.6 is 11.8 Å². The molecule has 0 saturated heterocycles. The van der Waals surface area contributed by atoms with E-state index in [-0.39, 0.29) is 24.3 Å². The van der Waals surface area contributed by atoms with Gasteiger partial charge in [-0.1, -0.05) is 26.0 Å². The van der Waals surface area contributed by atoms with Crippen molar-refractivity contribution in [1.82, 2.24) is 10.6 Å².